The Morgan fingerprint density at radius 3 is 2.18 bits per heavy atom. The van der Waals surface area contributed by atoms with E-state index in [1.165, 1.54) is 39.9 Å². The lowest BCUT2D eigenvalue weighted by Gasteiger charge is -2.22. The van der Waals surface area contributed by atoms with Crippen molar-refractivity contribution in [1.82, 2.24) is 24.7 Å². The van der Waals surface area contributed by atoms with E-state index in [1.807, 2.05) is 6.92 Å². The maximum absolute atomic E-state index is 13.4. The monoisotopic (exact) mass is 492 g/mol. The summed E-state index contributed by atoms with van der Waals surface area (Å²) < 4.78 is 52.4. The predicted molar refractivity (Wildman–Crippen MR) is 124 cm³/mol. The number of hydrogen-bond donors (Lipinski definition) is 1. The van der Waals surface area contributed by atoms with Crippen molar-refractivity contribution in [2.75, 3.05) is 33.2 Å². The first kappa shape index (κ1) is 25.3. The van der Waals surface area contributed by atoms with Crippen LogP contribution in [0, 0.1) is 6.92 Å². The number of benzene rings is 1. The second-order valence-corrected chi connectivity index (χ2v) is 9.38. The Morgan fingerprint density at radius 1 is 1.03 bits per heavy atom. The minimum Gasteiger partial charge on any atom is -0.494 e. The number of anilines is 1. The molecule has 0 fully saturated rings. The van der Waals surface area contributed by atoms with Gasteiger partial charge in [-0.25, -0.2) is 18.4 Å². The molecule has 34 heavy (non-hydrogen) atoms. The molecule has 2 aromatic heterocycles. The number of sulfonamides is 1. The zero-order valence-corrected chi connectivity index (χ0v) is 20.7. The largest absolute Gasteiger partial charge is 0.494 e. The SMILES string of the molecule is COCc1nnc(NS(=O)(=O)C(C)C(OC)c2ncc(C)cn2)n1-c1c(OC)cccc1OC. The molecule has 1 N–H and O–H groups in total. The van der Waals surface area contributed by atoms with Gasteiger partial charge in [-0.1, -0.05) is 6.07 Å². The summed E-state index contributed by atoms with van der Waals surface area (Å²) in [5.41, 5.74) is 1.26. The molecule has 0 amide bonds. The van der Waals surface area contributed by atoms with Gasteiger partial charge in [-0.2, -0.15) is 0 Å². The van der Waals surface area contributed by atoms with Crippen molar-refractivity contribution >= 4 is 16.0 Å². The van der Waals surface area contributed by atoms with E-state index in [-0.39, 0.29) is 18.4 Å². The van der Waals surface area contributed by atoms with Gasteiger partial charge >= 0.3 is 0 Å². The molecule has 0 saturated carbocycles. The first-order valence-corrected chi connectivity index (χ1v) is 11.8. The molecule has 0 spiro atoms. The van der Waals surface area contributed by atoms with E-state index in [4.69, 9.17) is 18.9 Å². The summed E-state index contributed by atoms with van der Waals surface area (Å²) in [6, 6.07) is 5.17. The molecule has 13 heteroatoms. The highest BCUT2D eigenvalue weighted by molar-refractivity contribution is 7.93. The van der Waals surface area contributed by atoms with Crippen LogP contribution in [-0.2, 0) is 26.1 Å². The van der Waals surface area contributed by atoms with Crippen LogP contribution in [0.25, 0.3) is 5.69 Å². The Labute approximate surface area is 198 Å². The average Bonchev–Trinajstić information content (AvgIpc) is 3.21. The van der Waals surface area contributed by atoms with Crippen molar-refractivity contribution < 1.29 is 27.4 Å². The van der Waals surface area contributed by atoms with Crippen LogP contribution in [0.2, 0.25) is 0 Å². The fraction of sp³-hybridized carbons (Fsp3) is 0.429. The van der Waals surface area contributed by atoms with E-state index in [1.54, 1.807) is 30.6 Å². The Kier molecular flexibility index (Phi) is 8.02. The number of nitrogens with one attached hydrogen (secondary N) is 1. The van der Waals surface area contributed by atoms with Gasteiger partial charge < -0.3 is 18.9 Å². The van der Waals surface area contributed by atoms with Gasteiger partial charge in [0.2, 0.25) is 16.0 Å². The molecule has 2 heterocycles. The Morgan fingerprint density at radius 2 is 1.65 bits per heavy atom. The molecule has 0 saturated heterocycles. The minimum absolute atomic E-state index is 0.0589. The van der Waals surface area contributed by atoms with Crippen molar-refractivity contribution in [2.24, 2.45) is 0 Å². The van der Waals surface area contributed by atoms with Crippen LogP contribution < -0.4 is 14.2 Å². The van der Waals surface area contributed by atoms with Crippen LogP contribution in [0.5, 0.6) is 11.5 Å². The maximum atomic E-state index is 13.4. The van der Waals surface area contributed by atoms with Gasteiger partial charge in [0.05, 0.1) is 14.2 Å². The Balaban J connectivity index is 2.05. The molecule has 2 unspecified atom stereocenters. The molecular weight excluding hydrogens is 464 g/mol. The van der Waals surface area contributed by atoms with Crippen molar-refractivity contribution in [1.29, 1.82) is 0 Å². The summed E-state index contributed by atoms with van der Waals surface area (Å²) in [6.07, 6.45) is 2.28. The number of aryl methyl sites for hydroxylation is 1. The van der Waals surface area contributed by atoms with E-state index in [2.05, 4.69) is 24.9 Å². The average molecular weight is 493 g/mol. The number of ether oxygens (including phenoxy) is 4. The molecule has 0 aliphatic rings. The molecule has 3 rings (SSSR count). The minimum atomic E-state index is -4.05. The molecule has 0 bridgehead atoms. The Bertz CT molecular complexity index is 1190. The summed E-state index contributed by atoms with van der Waals surface area (Å²) in [5.74, 6) is 1.36. The highest BCUT2D eigenvalue weighted by Gasteiger charge is 2.34. The number of hydrogen-bond acceptors (Lipinski definition) is 10. The molecule has 3 aromatic rings. The summed E-state index contributed by atoms with van der Waals surface area (Å²) in [6.45, 7) is 3.40. The van der Waals surface area contributed by atoms with Crippen molar-refractivity contribution in [3.05, 3.63) is 47.8 Å². The van der Waals surface area contributed by atoms with Crippen LogP contribution in [0.1, 0.15) is 30.2 Å². The van der Waals surface area contributed by atoms with Crippen LogP contribution in [-0.4, -0.2) is 66.8 Å². The van der Waals surface area contributed by atoms with Crippen LogP contribution >= 0.6 is 0 Å². The fourth-order valence-electron chi connectivity index (χ4n) is 3.33. The van der Waals surface area contributed by atoms with Crippen molar-refractivity contribution in [3.63, 3.8) is 0 Å². The first-order chi connectivity index (χ1) is 16.3. The molecule has 2 atom stereocenters. The van der Waals surface area contributed by atoms with Crippen LogP contribution in [0.15, 0.2) is 30.6 Å². The van der Waals surface area contributed by atoms with Gasteiger partial charge in [0, 0.05) is 26.6 Å². The summed E-state index contributed by atoms with van der Waals surface area (Å²) >= 11 is 0. The van der Waals surface area contributed by atoms with E-state index in [0.29, 0.717) is 23.0 Å². The molecule has 0 radical (unpaired) electrons. The number of nitrogens with zero attached hydrogens (tertiary/aromatic N) is 5. The molecule has 0 aliphatic carbocycles. The molecule has 1 aromatic carbocycles. The van der Waals surface area contributed by atoms with Gasteiger partial charge in [0.15, 0.2) is 11.6 Å². The third-order valence-electron chi connectivity index (χ3n) is 5.09. The topological polar surface area (TPSA) is 140 Å². The molecule has 12 nitrogen and oxygen atoms in total. The van der Waals surface area contributed by atoms with E-state index < -0.39 is 21.4 Å². The van der Waals surface area contributed by atoms with Gasteiger partial charge in [-0.3, -0.25) is 9.29 Å². The van der Waals surface area contributed by atoms with E-state index in [9.17, 15) is 8.42 Å². The van der Waals surface area contributed by atoms with Gasteiger partial charge in [-0.15, -0.1) is 10.2 Å². The van der Waals surface area contributed by atoms with Gasteiger partial charge in [-0.05, 0) is 31.5 Å². The van der Waals surface area contributed by atoms with E-state index >= 15 is 0 Å². The van der Waals surface area contributed by atoms with Crippen molar-refractivity contribution in [3.8, 4) is 17.2 Å². The number of para-hydroxylation sites is 1. The zero-order chi connectivity index (χ0) is 24.9. The highest BCUT2D eigenvalue weighted by Crippen LogP contribution is 2.36. The summed E-state index contributed by atoms with van der Waals surface area (Å²) in [5, 5.41) is 7.09. The van der Waals surface area contributed by atoms with Gasteiger partial charge in [0.25, 0.3) is 0 Å². The molecule has 0 aliphatic heterocycles. The maximum Gasteiger partial charge on any atom is 0.243 e. The van der Waals surface area contributed by atoms with Crippen molar-refractivity contribution in [2.45, 2.75) is 31.8 Å². The lowest BCUT2D eigenvalue weighted by atomic mass is 10.2. The quantitative estimate of drug-likeness (QED) is 0.423. The van der Waals surface area contributed by atoms with Crippen LogP contribution in [0.4, 0.5) is 5.95 Å². The molecular formula is C21H28N6O6S. The lowest BCUT2D eigenvalue weighted by molar-refractivity contribution is 0.0949. The summed E-state index contributed by atoms with van der Waals surface area (Å²) in [7, 11) is 1.83. The van der Waals surface area contributed by atoms with Crippen LogP contribution in [0.3, 0.4) is 0 Å². The predicted octanol–water partition coefficient (Wildman–Crippen LogP) is 2.05. The van der Waals surface area contributed by atoms with Gasteiger partial charge in [0.1, 0.15) is 35.1 Å². The standard InChI is InChI=1S/C21H28N6O6S/c1-13-10-22-20(23-11-13)19(33-6)14(2)34(28,29)26-21-25-24-17(12-30-3)27(21)18-15(31-4)8-7-9-16(18)32-5/h7-11,14,19H,12H2,1-6H3,(H,25,26). The normalized spacial score (nSPS) is 13.4. The number of rotatable bonds is 11. The third-order valence-corrected chi connectivity index (χ3v) is 6.78. The number of methoxy groups -OCH3 is 4. The zero-order valence-electron chi connectivity index (χ0n) is 19.8. The smallest absolute Gasteiger partial charge is 0.243 e. The second kappa shape index (κ2) is 10.8. The third kappa shape index (κ3) is 5.11. The second-order valence-electron chi connectivity index (χ2n) is 7.35. The fourth-order valence-corrected chi connectivity index (χ4v) is 4.46. The van der Waals surface area contributed by atoms with E-state index in [0.717, 1.165) is 5.56 Å². The number of aromatic nitrogens is 5. The molecule has 184 valence electrons. The Hall–Kier alpha value is -3.29. The summed E-state index contributed by atoms with van der Waals surface area (Å²) in [4.78, 5) is 8.44. The first-order valence-electron chi connectivity index (χ1n) is 10.2. The lowest BCUT2D eigenvalue weighted by Crippen LogP contribution is -2.33. The highest BCUT2D eigenvalue weighted by atomic mass is 32.2.